The van der Waals surface area contributed by atoms with Crippen molar-refractivity contribution in [1.29, 1.82) is 0 Å². The topological polar surface area (TPSA) is 167 Å². The van der Waals surface area contributed by atoms with Crippen LogP contribution in [0, 0.1) is 0 Å². The number of hydrogen-bond acceptors (Lipinski definition) is 6. The summed E-state index contributed by atoms with van der Waals surface area (Å²) in [5.41, 5.74) is 0. The second-order valence-corrected chi connectivity index (χ2v) is 2.84. The quantitative estimate of drug-likeness (QED) is 0.310. The van der Waals surface area contributed by atoms with Gasteiger partial charge in [-0.2, -0.15) is 8.42 Å². The van der Waals surface area contributed by atoms with Crippen LogP contribution < -0.4 is 19.2 Å². The van der Waals surface area contributed by atoms with Crippen LogP contribution in [0.3, 0.4) is 0 Å². The Morgan fingerprint density at radius 1 is 0.917 bits per heavy atom. The molecule has 0 amide bonds. The molecule has 8 nitrogen and oxygen atoms in total. The third kappa shape index (κ3) is 589. The summed E-state index contributed by atoms with van der Waals surface area (Å²) in [6, 6.07) is 0. The molecular formula is H2Mg2O8SSi. The van der Waals surface area contributed by atoms with E-state index < -0.39 is 19.4 Å². The minimum Gasteiger partial charge on any atom is -0.894 e. The van der Waals surface area contributed by atoms with Gasteiger partial charge in [-0.05, 0) is 0 Å². The van der Waals surface area contributed by atoms with Crippen molar-refractivity contribution in [3.05, 3.63) is 0 Å². The van der Waals surface area contributed by atoms with E-state index in [0.29, 0.717) is 0 Å². The second kappa shape index (κ2) is 9.03. The molecule has 0 aliphatic carbocycles. The maximum atomic E-state index is 8.74. The van der Waals surface area contributed by atoms with Gasteiger partial charge >= 0.3 is 56.5 Å². The summed E-state index contributed by atoms with van der Waals surface area (Å²) in [7, 11) is -10.3. The van der Waals surface area contributed by atoms with Crippen molar-refractivity contribution >= 4 is 65.6 Å². The van der Waals surface area contributed by atoms with Crippen LogP contribution in [-0.4, -0.2) is 72.7 Å². The molecule has 0 spiro atoms. The summed E-state index contributed by atoms with van der Waals surface area (Å²) < 4.78 is 31.6. The molecule has 0 aromatic carbocycles. The average Bonchev–Trinajstić information content (AvgIpc) is 1.12. The largest absolute Gasteiger partial charge is 2.00 e. The van der Waals surface area contributed by atoms with Crippen molar-refractivity contribution in [2.24, 2.45) is 0 Å². The van der Waals surface area contributed by atoms with Crippen LogP contribution in [0.4, 0.5) is 0 Å². The van der Waals surface area contributed by atoms with Crippen LogP contribution in [-0.2, 0) is 10.4 Å². The van der Waals surface area contributed by atoms with Crippen molar-refractivity contribution < 1.29 is 36.7 Å². The Labute approximate surface area is 102 Å². The molecule has 0 aliphatic heterocycles. The molecule has 0 unspecified atom stereocenters. The van der Waals surface area contributed by atoms with Crippen molar-refractivity contribution in [2.45, 2.75) is 0 Å². The van der Waals surface area contributed by atoms with E-state index >= 15 is 0 Å². The van der Waals surface area contributed by atoms with Crippen LogP contribution in [0.5, 0.6) is 0 Å². The van der Waals surface area contributed by atoms with Gasteiger partial charge in [0.15, 0.2) is 0 Å². The van der Waals surface area contributed by atoms with E-state index in [1.807, 2.05) is 0 Å². The van der Waals surface area contributed by atoms with Gasteiger partial charge in [-0.25, -0.2) is 0 Å². The summed E-state index contributed by atoms with van der Waals surface area (Å²) >= 11 is 0. The van der Waals surface area contributed by atoms with E-state index in [9.17, 15) is 0 Å². The van der Waals surface area contributed by atoms with Crippen LogP contribution in [0.25, 0.3) is 0 Å². The molecule has 0 saturated heterocycles. The molecule has 0 aromatic heterocycles. The maximum absolute atomic E-state index is 8.74. The molecule has 0 aliphatic rings. The predicted molar refractivity (Wildman–Crippen MR) is 31.4 cm³/mol. The molecule has 2 N–H and O–H groups in total. The van der Waals surface area contributed by atoms with E-state index in [4.69, 9.17) is 36.7 Å². The molecule has 0 atom stereocenters. The molecule has 0 aromatic rings. The van der Waals surface area contributed by atoms with Gasteiger partial charge in [-0.1, -0.05) is 0 Å². The Hall–Kier alpha value is 1.46. The van der Waals surface area contributed by atoms with Gasteiger partial charge < -0.3 is 28.2 Å². The SMILES string of the molecule is O=S(=O)(O)O.[Mg+2].[Mg+2].[O-][Si]([O-])([O-])[O-]. The maximum Gasteiger partial charge on any atom is 2.00 e. The second-order valence-electron chi connectivity index (χ2n) is 0.948. The first-order valence-electron chi connectivity index (χ1n) is 1.51. The fourth-order valence-corrected chi connectivity index (χ4v) is 0. The first-order chi connectivity index (χ1) is 4.00. The zero-order chi connectivity index (χ0) is 9.00. The first-order valence-corrected chi connectivity index (χ1v) is 4.54. The Morgan fingerprint density at radius 2 is 0.917 bits per heavy atom. The van der Waals surface area contributed by atoms with E-state index in [0.717, 1.165) is 0 Å². The molecule has 0 saturated carbocycles. The Balaban J connectivity index is -0.0000000457. The van der Waals surface area contributed by atoms with Gasteiger partial charge in [0.05, 0.1) is 0 Å². The summed E-state index contributed by atoms with van der Waals surface area (Å²) in [5.74, 6) is 0. The van der Waals surface area contributed by atoms with Gasteiger partial charge in [0, 0.05) is 0 Å². The average molecular weight is 239 g/mol. The Bertz CT molecular complexity index is 152. The molecule has 0 fully saturated rings. The third-order valence-electron chi connectivity index (χ3n) is 0. The molecular weight excluding hydrogens is 237 g/mol. The van der Waals surface area contributed by atoms with Crippen LogP contribution in [0.1, 0.15) is 0 Å². The summed E-state index contributed by atoms with van der Waals surface area (Å²) in [4.78, 5) is 34.3. The fourth-order valence-electron chi connectivity index (χ4n) is 0. The molecule has 0 rings (SSSR count). The standard InChI is InChI=1S/2Mg.H2O4S.O4Si/c;;2*1-5(2,3)4/h;;(H2,1,2,3,4);/q2*+2;;-4. The number of rotatable bonds is 0. The minimum atomic E-state index is -5.61. The van der Waals surface area contributed by atoms with Crippen LogP contribution in [0.15, 0.2) is 0 Å². The van der Waals surface area contributed by atoms with Crippen molar-refractivity contribution in [2.75, 3.05) is 0 Å². The minimum absolute atomic E-state index is 0. The molecule has 0 radical (unpaired) electrons. The predicted octanol–water partition coefficient (Wildman–Crippen LogP) is -6.55. The third-order valence-corrected chi connectivity index (χ3v) is 0. The van der Waals surface area contributed by atoms with Gasteiger partial charge in [0.2, 0.25) is 0 Å². The normalized spacial score (nSPS) is 9.83. The van der Waals surface area contributed by atoms with Gasteiger partial charge in [-0.15, -0.1) is 0 Å². The Morgan fingerprint density at radius 3 is 0.917 bits per heavy atom. The summed E-state index contributed by atoms with van der Waals surface area (Å²) in [6.07, 6.45) is 0. The fraction of sp³-hybridized carbons (Fsp3) is 0. The van der Waals surface area contributed by atoms with Crippen LogP contribution >= 0.6 is 0 Å². The Kier molecular flexibility index (Phi) is 17.6. The van der Waals surface area contributed by atoms with E-state index in [1.54, 1.807) is 0 Å². The molecule has 12 heteroatoms. The molecule has 64 valence electrons. The summed E-state index contributed by atoms with van der Waals surface area (Å²) in [6.45, 7) is 0. The zero-order valence-corrected chi connectivity index (χ0v) is 10.3. The van der Waals surface area contributed by atoms with Crippen molar-refractivity contribution in [1.82, 2.24) is 0 Å². The zero-order valence-electron chi connectivity index (χ0n) is 5.67. The van der Waals surface area contributed by atoms with Crippen molar-refractivity contribution in [3.63, 3.8) is 0 Å². The van der Waals surface area contributed by atoms with Gasteiger partial charge in [0.25, 0.3) is 0 Å². The summed E-state index contributed by atoms with van der Waals surface area (Å²) in [5, 5.41) is 0. The molecule has 0 heterocycles. The molecule has 12 heavy (non-hydrogen) atoms. The van der Waals surface area contributed by atoms with Gasteiger partial charge in [-0.3, -0.25) is 9.11 Å². The number of hydrogen-bond donors (Lipinski definition) is 2. The first kappa shape index (κ1) is 23.4. The molecule has 0 bridgehead atoms. The van der Waals surface area contributed by atoms with E-state index in [1.165, 1.54) is 0 Å². The van der Waals surface area contributed by atoms with Gasteiger partial charge in [0.1, 0.15) is 0 Å². The monoisotopic (exact) mass is 238 g/mol. The van der Waals surface area contributed by atoms with E-state index in [2.05, 4.69) is 0 Å². The van der Waals surface area contributed by atoms with Crippen molar-refractivity contribution in [3.8, 4) is 0 Å². The van der Waals surface area contributed by atoms with Crippen LogP contribution in [0.2, 0.25) is 0 Å². The smallest absolute Gasteiger partial charge is 0.894 e. The van der Waals surface area contributed by atoms with E-state index in [-0.39, 0.29) is 46.1 Å².